The summed E-state index contributed by atoms with van der Waals surface area (Å²) in [5, 5.41) is 39.0. The van der Waals surface area contributed by atoms with E-state index >= 15 is 0 Å². The third-order valence-corrected chi connectivity index (χ3v) is 3.11. The standard InChI is InChI=1S/C15H12O5/c16-9-3-1-8(2-4-9)15-13(19)7-11-12(18)5-10(17)6-14(11)20-15/h1-7,13,15,19H,(H2-,16,17,18)/p+1/i13D. The van der Waals surface area contributed by atoms with Crippen LogP contribution in [0.3, 0.4) is 0 Å². The molecule has 0 fully saturated rings. The Hall–Kier alpha value is -2.53. The summed E-state index contributed by atoms with van der Waals surface area (Å²) in [6.07, 6.45) is -1.98. The third kappa shape index (κ3) is 2.08. The Bertz CT molecular complexity index is 811. The number of benzene rings is 2. The van der Waals surface area contributed by atoms with E-state index in [1.807, 2.05) is 0 Å². The van der Waals surface area contributed by atoms with Crippen LogP contribution in [0.25, 0.3) is 6.08 Å². The van der Waals surface area contributed by atoms with E-state index in [2.05, 4.69) is 0 Å². The quantitative estimate of drug-likeness (QED) is 0.563. The number of phenols is 3. The first kappa shape index (κ1) is 11.3. The van der Waals surface area contributed by atoms with Gasteiger partial charge in [-0.05, 0) is 30.3 Å². The van der Waals surface area contributed by atoms with E-state index in [9.17, 15) is 20.4 Å². The van der Waals surface area contributed by atoms with Gasteiger partial charge in [-0.2, -0.15) is 0 Å². The van der Waals surface area contributed by atoms with Crippen LogP contribution in [0.4, 0.5) is 0 Å². The van der Waals surface area contributed by atoms with Crippen molar-refractivity contribution in [1.29, 1.82) is 0 Å². The van der Waals surface area contributed by atoms with Crippen molar-refractivity contribution in [2.75, 3.05) is 0 Å². The lowest BCUT2D eigenvalue weighted by Gasteiger charge is -2.11. The van der Waals surface area contributed by atoms with Crippen LogP contribution in [0.5, 0.6) is 17.2 Å². The molecule has 0 bridgehead atoms. The van der Waals surface area contributed by atoms with Crippen molar-refractivity contribution in [3.63, 3.8) is 0 Å². The van der Waals surface area contributed by atoms with Crippen LogP contribution < -0.4 is 10.6 Å². The largest absolute Gasteiger partial charge is 0.508 e. The van der Waals surface area contributed by atoms with Gasteiger partial charge >= 0.3 is 11.5 Å². The smallest absolute Gasteiger partial charge is 0.359 e. The first-order chi connectivity index (χ1) is 9.87. The number of hydrogen-bond acceptors (Lipinski definition) is 4. The van der Waals surface area contributed by atoms with Gasteiger partial charge in [-0.15, -0.1) is 0 Å². The van der Waals surface area contributed by atoms with E-state index in [0.29, 0.717) is 5.56 Å². The maximum absolute atomic E-state index is 10.2. The summed E-state index contributed by atoms with van der Waals surface area (Å²) in [6.45, 7) is 0. The highest BCUT2D eigenvalue weighted by atomic mass is 16.4. The minimum Gasteiger partial charge on any atom is -0.508 e. The summed E-state index contributed by atoms with van der Waals surface area (Å²) in [5.41, 5.74) is 0.650. The van der Waals surface area contributed by atoms with Crippen LogP contribution in [-0.4, -0.2) is 26.5 Å². The summed E-state index contributed by atoms with van der Waals surface area (Å²) >= 11 is 0. The van der Waals surface area contributed by atoms with Gasteiger partial charge in [0, 0.05) is 6.07 Å². The molecule has 0 saturated carbocycles. The maximum atomic E-state index is 10.2. The second-order valence-electron chi connectivity index (χ2n) is 4.54. The summed E-state index contributed by atoms with van der Waals surface area (Å²) in [7, 11) is 0. The van der Waals surface area contributed by atoms with Crippen LogP contribution in [0, 0.1) is 0 Å². The number of aliphatic hydroxyl groups is 1. The fourth-order valence-electron chi connectivity index (χ4n) is 2.14. The van der Waals surface area contributed by atoms with Crippen molar-refractivity contribution < 1.29 is 21.8 Å². The highest BCUT2D eigenvalue weighted by Gasteiger charge is 2.32. The minimum atomic E-state index is -2.10. The maximum Gasteiger partial charge on any atom is 0.359 e. The van der Waals surface area contributed by atoms with Crippen LogP contribution in [-0.2, 0) is 0 Å². The number of aromatic hydroxyl groups is 3. The highest BCUT2D eigenvalue weighted by molar-refractivity contribution is 5.46. The molecule has 1 heterocycles. The molecule has 3 rings (SSSR count). The second-order valence-corrected chi connectivity index (χ2v) is 4.54. The van der Waals surface area contributed by atoms with Crippen molar-refractivity contribution in [3.8, 4) is 17.2 Å². The number of phenolic OH excluding ortho intramolecular Hbond substituents is 3. The van der Waals surface area contributed by atoms with Gasteiger partial charge < -0.3 is 20.4 Å². The predicted molar refractivity (Wildman–Crippen MR) is 72.6 cm³/mol. The van der Waals surface area contributed by atoms with Crippen molar-refractivity contribution >= 4 is 6.08 Å². The van der Waals surface area contributed by atoms with Gasteiger partial charge in [0.25, 0.3) is 0 Å². The molecule has 5 nitrogen and oxygen atoms in total. The molecule has 0 saturated heterocycles. The Kier molecular flexibility index (Phi) is 2.57. The van der Waals surface area contributed by atoms with E-state index in [1.54, 1.807) is 0 Å². The van der Waals surface area contributed by atoms with Crippen LogP contribution >= 0.6 is 0 Å². The SMILES string of the molecule is [2H]C1(O)C=c2c(O)cc(O)cc2=[O+]C1c1ccc(O)cc1. The molecule has 2 unspecified atom stereocenters. The first-order valence-electron chi connectivity index (χ1n) is 6.47. The Morgan fingerprint density at radius 3 is 2.40 bits per heavy atom. The normalized spacial score (nSPS) is 25.1. The molecule has 0 amide bonds. The predicted octanol–water partition coefficient (Wildman–Crippen LogP) is 0.314. The number of fused-ring (bicyclic) bond motifs is 1. The topological polar surface area (TPSA) is 92.2 Å². The monoisotopic (exact) mass is 274 g/mol. The van der Waals surface area contributed by atoms with E-state index in [1.165, 1.54) is 30.3 Å². The first-order valence-corrected chi connectivity index (χ1v) is 5.97. The average molecular weight is 274 g/mol. The second kappa shape index (κ2) is 4.54. The van der Waals surface area contributed by atoms with Gasteiger partial charge in [0.1, 0.15) is 22.5 Å². The van der Waals surface area contributed by atoms with Crippen LogP contribution in [0.2, 0.25) is 0 Å². The Morgan fingerprint density at radius 1 is 1.00 bits per heavy atom. The molecule has 20 heavy (non-hydrogen) atoms. The molecule has 102 valence electrons. The molecule has 2 aromatic carbocycles. The molecule has 5 heteroatoms. The fourth-order valence-corrected chi connectivity index (χ4v) is 2.14. The molecule has 4 N–H and O–H groups in total. The number of rotatable bonds is 1. The zero-order chi connectivity index (χ0) is 15.2. The van der Waals surface area contributed by atoms with Gasteiger partial charge in [0.2, 0.25) is 0 Å². The molecule has 1 aliphatic heterocycles. The van der Waals surface area contributed by atoms with E-state index < -0.39 is 12.2 Å². The summed E-state index contributed by atoms with van der Waals surface area (Å²) < 4.78 is 13.6. The summed E-state index contributed by atoms with van der Waals surface area (Å²) in [5.74, 6) is -0.401. The summed E-state index contributed by atoms with van der Waals surface area (Å²) in [6, 6.07) is 8.31. The molecule has 0 spiro atoms. The fraction of sp³-hybridized carbons (Fsp3) is 0.133. The van der Waals surface area contributed by atoms with E-state index in [0.717, 1.165) is 12.1 Å². The van der Waals surface area contributed by atoms with Gasteiger partial charge in [0.05, 0.1) is 13.0 Å². The van der Waals surface area contributed by atoms with Crippen LogP contribution in [0.15, 0.2) is 40.8 Å². The lowest BCUT2D eigenvalue weighted by molar-refractivity contribution is 0.215. The lowest BCUT2D eigenvalue weighted by atomic mass is 10.0. The minimum absolute atomic E-state index is 0.0581. The Balaban J connectivity index is 2.23. The highest BCUT2D eigenvalue weighted by Crippen LogP contribution is 2.25. The lowest BCUT2D eigenvalue weighted by Crippen LogP contribution is -2.35. The molecule has 0 aliphatic carbocycles. The average Bonchev–Trinajstić information content (AvgIpc) is 2.40. The molecular weight excluding hydrogens is 260 g/mol. The van der Waals surface area contributed by atoms with Crippen LogP contribution in [0.1, 0.15) is 13.0 Å². The van der Waals surface area contributed by atoms with Crippen molar-refractivity contribution in [3.05, 3.63) is 57.0 Å². The molecular formula is C15H13O5+. The summed E-state index contributed by atoms with van der Waals surface area (Å²) in [4.78, 5) is 0. The zero-order valence-electron chi connectivity index (χ0n) is 11.3. The van der Waals surface area contributed by atoms with Crippen molar-refractivity contribution in [2.24, 2.45) is 0 Å². The van der Waals surface area contributed by atoms with E-state index in [-0.39, 0.29) is 27.9 Å². The van der Waals surface area contributed by atoms with Gasteiger partial charge in [-0.1, -0.05) is 0 Å². The third-order valence-electron chi connectivity index (χ3n) is 3.11. The van der Waals surface area contributed by atoms with Crippen molar-refractivity contribution in [2.45, 2.75) is 12.2 Å². The van der Waals surface area contributed by atoms with Gasteiger partial charge in [0.15, 0.2) is 6.08 Å². The van der Waals surface area contributed by atoms with E-state index in [4.69, 9.17) is 5.80 Å². The molecule has 0 aromatic heterocycles. The molecule has 2 atom stereocenters. The van der Waals surface area contributed by atoms with Crippen molar-refractivity contribution in [1.82, 2.24) is 0 Å². The Morgan fingerprint density at radius 2 is 1.70 bits per heavy atom. The zero-order valence-corrected chi connectivity index (χ0v) is 10.3. The molecule has 0 radical (unpaired) electrons. The van der Waals surface area contributed by atoms with Gasteiger partial charge in [-0.25, -0.2) is 4.42 Å². The molecule has 1 aliphatic rings. The van der Waals surface area contributed by atoms with Gasteiger partial charge in [-0.3, -0.25) is 0 Å². The molecule has 2 aromatic rings. The number of hydrogen-bond donors (Lipinski definition) is 4. The Labute approximate surface area is 115 Å².